The predicted molar refractivity (Wildman–Crippen MR) is 116 cm³/mol. The van der Waals surface area contributed by atoms with Gasteiger partial charge in [-0.25, -0.2) is 9.38 Å². The Balaban J connectivity index is 0.00000261. The van der Waals surface area contributed by atoms with Gasteiger partial charge in [-0.3, -0.25) is 0 Å². The molecule has 0 aromatic heterocycles. The van der Waals surface area contributed by atoms with Crippen LogP contribution in [-0.2, 0) is 6.54 Å². The van der Waals surface area contributed by atoms with Gasteiger partial charge in [0.25, 0.3) is 0 Å². The molecule has 0 heterocycles. The fourth-order valence-electron chi connectivity index (χ4n) is 2.93. The number of halogens is 3. The van der Waals surface area contributed by atoms with Crippen molar-refractivity contribution in [3.8, 4) is 11.5 Å². The molecule has 0 amide bonds. The first-order valence-electron chi connectivity index (χ1n) is 8.24. The minimum absolute atomic E-state index is 0. The van der Waals surface area contributed by atoms with Gasteiger partial charge in [-0.1, -0.05) is 23.7 Å². The van der Waals surface area contributed by atoms with Crippen molar-refractivity contribution in [2.24, 2.45) is 10.7 Å². The van der Waals surface area contributed by atoms with Crippen LogP contribution < -0.4 is 20.5 Å². The molecule has 0 spiro atoms. The third-order valence-corrected chi connectivity index (χ3v) is 4.70. The topological polar surface area (TPSA) is 68.9 Å². The highest BCUT2D eigenvalue weighted by atomic mass is 127. The lowest BCUT2D eigenvalue weighted by Crippen LogP contribution is -2.34. The summed E-state index contributed by atoms with van der Waals surface area (Å²) in [6.07, 6.45) is 0.771. The molecule has 1 saturated carbocycles. The molecule has 2 unspecified atom stereocenters. The van der Waals surface area contributed by atoms with Crippen LogP contribution in [-0.4, -0.2) is 26.2 Å². The first kappa shape index (κ1) is 21.6. The maximum Gasteiger partial charge on any atom is 0.189 e. The third-order valence-electron chi connectivity index (χ3n) is 4.37. The Labute approximate surface area is 180 Å². The van der Waals surface area contributed by atoms with Gasteiger partial charge in [-0.05, 0) is 36.2 Å². The lowest BCUT2D eigenvalue weighted by molar-refractivity contribution is 0.354. The van der Waals surface area contributed by atoms with E-state index in [0.29, 0.717) is 34.6 Å². The molecule has 1 aliphatic rings. The van der Waals surface area contributed by atoms with Crippen LogP contribution >= 0.6 is 35.6 Å². The molecule has 3 rings (SSSR count). The number of nitrogens with one attached hydrogen (secondary N) is 1. The maximum absolute atomic E-state index is 14.0. The van der Waals surface area contributed by atoms with Crippen LogP contribution in [0.2, 0.25) is 5.02 Å². The van der Waals surface area contributed by atoms with E-state index in [4.69, 9.17) is 26.8 Å². The zero-order valence-electron chi connectivity index (χ0n) is 15.0. The fourth-order valence-corrected chi connectivity index (χ4v) is 3.23. The van der Waals surface area contributed by atoms with Crippen molar-refractivity contribution in [1.82, 2.24) is 5.32 Å². The van der Waals surface area contributed by atoms with E-state index in [1.54, 1.807) is 26.4 Å². The molecular formula is C19H22ClFIN3O2. The number of guanidine groups is 1. The Morgan fingerprint density at radius 2 is 2.00 bits per heavy atom. The fraction of sp³-hybridized carbons (Fsp3) is 0.316. The zero-order valence-corrected chi connectivity index (χ0v) is 18.1. The van der Waals surface area contributed by atoms with Crippen LogP contribution in [0.1, 0.15) is 23.5 Å². The Hall–Kier alpha value is -1.74. The SMILES string of the molecule is COc1ccc(CN=C(N)NC2CC2c2c(F)cccc2Cl)cc1OC.I. The molecule has 1 aliphatic carbocycles. The van der Waals surface area contributed by atoms with E-state index in [1.807, 2.05) is 18.2 Å². The number of ether oxygens (including phenoxy) is 2. The largest absolute Gasteiger partial charge is 0.493 e. The predicted octanol–water partition coefficient (Wildman–Crippen LogP) is 4.07. The van der Waals surface area contributed by atoms with Crippen LogP contribution in [0.15, 0.2) is 41.4 Å². The molecule has 0 saturated heterocycles. The van der Waals surface area contributed by atoms with E-state index in [9.17, 15) is 4.39 Å². The van der Waals surface area contributed by atoms with Crippen LogP contribution in [0.4, 0.5) is 4.39 Å². The second-order valence-electron chi connectivity index (χ2n) is 6.12. The summed E-state index contributed by atoms with van der Waals surface area (Å²) in [6.45, 7) is 0.400. The maximum atomic E-state index is 14.0. The first-order valence-corrected chi connectivity index (χ1v) is 8.62. The molecule has 0 bridgehead atoms. The lowest BCUT2D eigenvalue weighted by Gasteiger charge is -2.09. The van der Waals surface area contributed by atoms with Crippen LogP contribution in [0.3, 0.4) is 0 Å². The number of benzene rings is 2. The third kappa shape index (κ3) is 5.16. The molecule has 2 aromatic carbocycles. The van der Waals surface area contributed by atoms with Crippen LogP contribution in [0.25, 0.3) is 0 Å². The second-order valence-corrected chi connectivity index (χ2v) is 6.53. The average Bonchev–Trinajstić information content (AvgIpc) is 3.38. The van der Waals surface area contributed by atoms with Crippen molar-refractivity contribution in [2.75, 3.05) is 14.2 Å². The van der Waals surface area contributed by atoms with Crippen molar-refractivity contribution in [2.45, 2.75) is 24.9 Å². The minimum Gasteiger partial charge on any atom is -0.493 e. The number of aliphatic imine (C=N–C) groups is 1. The summed E-state index contributed by atoms with van der Waals surface area (Å²) in [5.41, 5.74) is 7.44. The van der Waals surface area contributed by atoms with Gasteiger partial charge >= 0.3 is 0 Å². The number of methoxy groups -OCH3 is 2. The second kappa shape index (κ2) is 9.45. The average molecular weight is 506 g/mol. The van der Waals surface area contributed by atoms with Gasteiger partial charge in [-0.2, -0.15) is 0 Å². The van der Waals surface area contributed by atoms with Gasteiger partial charge in [-0.15, -0.1) is 24.0 Å². The number of hydrogen-bond acceptors (Lipinski definition) is 3. The molecule has 146 valence electrons. The van der Waals surface area contributed by atoms with E-state index in [-0.39, 0.29) is 41.8 Å². The van der Waals surface area contributed by atoms with Crippen LogP contribution in [0, 0.1) is 5.82 Å². The summed E-state index contributed by atoms with van der Waals surface area (Å²) in [5.74, 6) is 1.35. The smallest absolute Gasteiger partial charge is 0.189 e. The summed E-state index contributed by atoms with van der Waals surface area (Å²) >= 11 is 6.11. The summed E-state index contributed by atoms with van der Waals surface area (Å²) in [4.78, 5) is 4.34. The highest BCUT2D eigenvalue weighted by Crippen LogP contribution is 2.44. The molecule has 2 aromatic rings. The zero-order chi connectivity index (χ0) is 18.7. The monoisotopic (exact) mass is 505 g/mol. The highest BCUT2D eigenvalue weighted by Gasteiger charge is 2.41. The molecule has 5 nitrogen and oxygen atoms in total. The highest BCUT2D eigenvalue weighted by molar-refractivity contribution is 14.0. The molecule has 0 aliphatic heterocycles. The van der Waals surface area contributed by atoms with E-state index in [0.717, 1.165) is 12.0 Å². The lowest BCUT2D eigenvalue weighted by atomic mass is 10.1. The summed E-state index contributed by atoms with van der Waals surface area (Å²) in [7, 11) is 3.17. The van der Waals surface area contributed by atoms with Gasteiger partial charge in [0, 0.05) is 22.5 Å². The van der Waals surface area contributed by atoms with Gasteiger partial charge in [0.2, 0.25) is 0 Å². The first-order chi connectivity index (χ1) is 12.5. The van der Waals surface area contributed by atoms with E-state index >= 15 is 0 Å². The molecule has 0 radical (unpaired) electrons. The summed E-state index contributed by atoms with van der Waals surface area (Å²) in [6, 6.07) is 10.3. The van der Waals surface area contributed by atoms with Gasteiger partial charge in [0.1, 0.15) is 5.82 Å². The molecule has 3 N–H and O–H groups in total. The van der Waals surface area contributed by atoms with Gasteiger partial charge in [0.05, 0.1) is 20.8 Å². The van der Waals surface area contributed by atoms with Crippen molar-refractivity contribution in [1.29, 1.82) is 0 Å². The number of nitrogens with zero attached hydrogens (tertiary/aromatic N) is 1. The Morgan fingerprint density at radius 1 is 1.26 bits per heavy atom. The van der Waals surface area contributed by atoms with Gasteiger partial charge < -0.3 is 20.5 Å². The Bertz CT molecular complexity index is 814. The summed E-state index contributed by atoms with van der Waals surface area (Å²) in [5, 5.41) is 3.57. The Kier molecular flexibility index (Phi) is 7.55. The van der Waals surface area contributed by atoms with Gasteiger partial charge in [0.15, 0.2) is 17.5 Å². The van der Waals surface area contributed by atoms with Crippen molar-refractivity contribution >= 4 is 41.5 Å². The molecule has 27 heavy (non-hydrogen) atoms. The Morgan fingerprint density at radius 3 is 2.67 bits per heavy atom. The van der Waals surface area contributed by atoms with E-state index < -0.39 is 0 Å². The van der Waals surface area contributed by atoms with Crippen molar-refractivity contribution < 1.29 is 13.9 Å². The quantitative estimate of drug-likeness (QED) is 0.353. The van der Waals surface area contributed by atoms with E-state index in [2.05, 4.69) is 10.3 Å². The molecule has 1 fully saturated rings. The normalized spacial score (nSPS) is 18.4. The molecular weight excluding hydrogens is 484 g/mol. The van der Waals surface area contributed by atoms with Crippen molar-refractivity contribution in [3.05, 3.63) is 58.4 Å². The number of rotatable bonds is 6. The number of hydrogen-bond donors (Lipinski definition) is 2. The van der Waals surface area contributed by atoms with Crippen LogP contribution in [0.5, 0.6) is 11.5 Å². The standard InChI is InChI=1S/C19H21ClFN3O2.HI/c1-25-16-7-6-11(8-17(16)26-2)10-23-19(22)24-15-9-12(15)18-13(20)4-3-5-14(18)21;/h3-8,12,15H,9-10H2,1-2H3,(H3,22,23,24);1H. The number of nitrogens with two attached hydrogens (primary N) is 1. The van der Waals surface area contributed by atoms with Crippen molar-refractivity contribution in [3.63, 3.8) is 0 Å². The summed E-state index contributed by atoms with van der Waals surface area (Å²) < 4.78 is 24.4. The van der Waals surface area contributed by atoms with E-state index in [1.165, 1.54) is 6.07 Å². The molecule has 8 heteroatoms. The molecule has 2 atom stereocenters. The minimum atomic E-state index is -0.285.